The molecule has 0 atom stereocenters. The molecule has 0 aliphatic carbocycles. The minimum absolute atomic E-state index is 0.113. The first-order chi connectivity index (χ1) is 13.6. The largest absolute Gasteiger partial charge is 0.348 e. The number of aryl methyl sites for hydroxylation is 2. The number of benzene rings is 2. The lowest BCUT2D eigenvalue weighted by Crippen LogP contribution is -2.23. The van der Waals surface area contributed by atoms with E-state index in [-0.39, 0.29) is 5.91 Å². The summed E-state index contributed by atoms with van der Waals surface area (Å²) in [6, 6.07) is 21.5. The number of carbonyl (C=O) groups excluding carboxylic acids is 1. The Morgan fingerprint density at radius 2 is 1.71 bits per heavy atom. The van der Waals surface area contributed by atoms with Crippen LogP contribution in [-0.4, -0.2) is 15.9 Å². The van der Waals surface area contributed by atoms with Crippen LogP contribution in [0.2, 0.25) is 0 Å². The Kier molecular flexibility index (Phi) is 4.85. The van der Waals surface area contributed by atoms with E-state index in [0.29, 0.717) is 17.8 Å². The van der Waals surface area contributed by atoms with Crippen LogP contribution in [-0.2, 0) is 6.54 Å². The molecule has 1 amide bonds. The number of fused-ring (bicyclic) bond motifs is 1. The molecule has 0 fully saturated rings. The van der Waals surface area contributed by atoms with Crippen molar-refractivity contribution in [2.24, 2.45) is 0 Å². The predicted octanol–water partition coefficient (Wildman–Crippen LogP) is 4.84. The van der Waals surface area contributed by atoms with Crippen LogP contribution in [0, 0.1) is 13.8 Å². The molecule has 0 aliphatic rings. The van der Waals surface area contributed by atoms with E-state index in [4.69, 9.17) is 4.98 Å². The van der Waals surface area contributed by atoms with Gasteiger partial charge in [0.15, 0.2) is 0 Å². The smallest absolute Gasteiger partial charge is 0.252 e. The molecule has 4 aromatic rings. The average Bonchev–Trinajstić information content (AvgIpc) is 2.73. The first-order valence-corrected chi connectivity index (χ1v) is 9.27. The molecule has 28 heavy (non-hydrogen) atoms. The summed E-state index contributed by atoms with van der Waals surface area (Å²) in [5.41, 5.74) is 6.12. The van der Waals surface area contributed by atoms with Gasteiger partial charge in [0.05, 0.1) is 22.5 Å². The zero-order valence-corrected chi connectivity index (χ0v) is 15.9. The number of hydrogen-bond acceptors (Lipinski definition) is 3. The number of pyridine rings is 2. The van der Waals surface area contributed by atoms with Gasteiger partial charge >= 0.3 is 0 Å². The molecule has 0 radical (unpaired) electrons. The molecule has 0 unspecified atom stereocenters. The van der Waals surface area contributed by atoms with Crippen molar-refractivity contribution < 1.29 is 4.79 Å². The summed E-state index contributed by atoms with van der Waals surface area (Å²) in [4.78, 5) is 22.3. The third-order valence-electron chi connectivity index (χ3n) is 4.72. The topological polar surface area (TPSA) is 54.9 Å². The van der Waals surface area contributed by atoms with Gasteiger partial charge in [-0.3, -0.25) is 9.78 Å². The van der Waals surface area contributed by atoms with Crippen molar-refractivity contribution in [1.82, 2.24) is 15.3 Å². The number of nitrogens with zero attached hydrogens (tertiary/aromatic N) is 2. The highest BCUT2D eigenvalue weighted by Crippen LogP contribution is 2.27. The van der Waals surface area contributed by atoms with E-state index in [9.17, 15) is 4.79 Å². The second kappa shape index (κ2) is 7.61. The Labute approximate surface area is 164 Å². The number of nitrogens with one attached hydrogen (secondary N) is 1. The van der Waals surface area contributed by atoms with Crippen molar-refractivity contribution in [3.05, 3.63) is 95.2 Å². The molecule has 0 aliphatic heterocycles. The zero-order valence-electron chi connectivity index (χ0n) is 15.9. The second-order valence-electron chi connectivity index (χ2n) is 6.92. The van der Waals surface area contributed by atoms with Crippen LogP contribution in [0.3, 0.4) is 0 Å². The first-order valence-electron chi connectivity index (χ1n) is 9.27. The fraction of sp³-hybridized carbons (Fsp3) is 0.125. The van der Waals surface area contributed by atoms with Gasteiger partial charge in [-0.2, -0.15) is 0 Å². The lowest BCUT2D eigenvalue weighted by atomic mass is 10.0. The van der Waals surface area contributed by atoms with Gasteiger partial charge < -0.3 is 5.32 Å². The van der Waals surface area contributed by atoms with Crippen molar-refractivity contribution in [1.29, 1.82) is 0 Å². The summed E-state index contributed by atoms with van der Waals surface area (Å²) < 4.78 is 0. The summed E-state index contributed by atoms with van der Waals surface area (Å²) >= 11 is 0. The molecule has 2 heterocycles. The second-order valence-corrected chi connectivity index (χ2v) is 6.92. The monoisotopic (exact) mass is 367 g/mol. The number of amides is 1. The molecule has 0 bridgehead atoms. The highest BCUT2D eigenvalue weighted by molar-refractivity contribution is 6.07. The molecular formula is C24H21N3O. The molecule has 2 aromatic heterocycles. The number of rotatable bonds is 4. The van der Waals surface area contributed by atoms with E-state index in [1.54, 1.807) is 6.20 Å². The van der Waals surface area contributed by atoms with E-state index in [0.717, 1.165) is 33.3 Å². The highest BCUT2D eigenvalue weighted by Gasteiger charge is 2.16. The molecule has 0 saturated carbocycles. The van der Waals surface area contributed by atoms with Crippen LogP contribution in [0.1, 0.15) is 27.0 Å². The van der Waals surface area contributed by atoms with Crippen molar-refractivity contribution in [3.63, 3.8) is 0 Å². The van der Waals surface area contributed by atoms with Crippen LogP contribution in [0.25, 0.3) is 22.3 Å². The van der Waals surface area contributed by atoms with Gasteiger partial charge in [-0.15, -0.1) is 0 Å². The van der Waals surface area contributed by atoms with E-state index < -0.39 is 0 Å². The van der Waals surface area contributed by atoms with Crippen molar-refractivity contribution in [2.45, 2.75) is 20.4 Å². The van der Waals surface area contributed by atoms with Gasteiger partial charge in [0.2, 0.25) is 0 Å². The SMILES string of the molecule is Cc1cc(C)c2nc(-c3ccccn3)cc(C(=O)NCc3ccccc3)c2c1. The van der Waals surface area contributed by atoms with Crippen LogP contribution in [0.5, 0.6) is 0 Å². The van der Waals surface area contributed by atoms with Gasteiger partial charge in [0, 0.05) is 18.1 Å². The van der Waals surface area contributed by atoms with E-state index in [2.05, 4.69) is 16.4 Å². The fourth-order valence-corrected chi connectivity index (χ4v) is 3.39. The number of aromatic nitrogens is 2. The molecule has 138 valence electrons. The van der Waals surface area contributed by atoms with Gasteiger partial charge in [0.1, 0.15) is 0 Å². The van der Waals surface area contributed by atoms with Gasteiger partial charge in [0.25, 0.3) is 5.91 Å². The summed E-state index contributed by atoms with van der Waals surface area (Å²) in [6.45, 7) is 4.54. The van der Waals surface area contributed by atoms with Crippen LogP contribution >= 0.6 is 0 Å². The maximum atomic E-state index is 13.1. The molecule has 2 aromatic carbocycles. The van der Waals surface area contributed by atoms with Crippen molar-refractivity contribution in [2.75, 3.05) is 0 Å². The molecule has 1 N–H and O–H groups in total. The molecular weight excluding hydrogens is 346 g/mol. The predicted molar refractivity (Wildman–Crippen MR) is 112 cm³/mol. The summed E-state index contributed by atoms with van der Waals surface area (Å²) in [5.74, 6) is -0.113. The zero-order chi connectivity index (χ0) is 19.5. The average molecular weight is 367 g/mol. The Morgan fingerprint density at radius 1 is 0.929 bits per heavy atom. The van der Waals surface area contributed by atoms with Crippen LogP contribution < -0.4 is 5.32 Å². The summed E-state index contributed by atoms with van der Waals surface area (Å²) in [7, 11) is 0. The lowest BCUT2D eigenvalue weighted by Gasteiger charge is -2.13. The first kappa shape index (κ1) is 17.9. The third-order valence-corrected chi connectivity index (χ3v) is 4.72. The van der Waals surface area contributed by atoms with Gasteiger partial charge in [-0.05, 0) is 49.2 Å². The summed E-state index contributed by atoms with van der Waals surface area (Å²) in [6.07, 6.45) is 1.73. The van der Waals surface area contributed by atoms with Gasteiger partial charge in [-0.25, -0.2) is 4.98 Å². The van der Waals surface area contributed by atoms with E-state index in [1.807, 2.05) is 74.5 Å². The third kappa shape index (κ3) is 3.62. The maximum Gasteiger partial charge on any atom is 0.252 e. The minimum Gasteiger partial charge on any atom is -0.348 e. The Morgan fingerprint density at radius 3 is 2.46 bits per heavy atom. The lowest BCUT2D eigenvalue weighted by molar-refractivity contribution is 0.0952. The van der Waals surface area contributed by atoms with Crippen LogP contribution in [0.15, 0.2) is 72.9 Å². The van der Waals surface area contributed by atoms with Crippen molar-refractivity contribution in [3.8, 4) is 11.4 Å². The normalized spacial score (nSPS) is 10.8. The maximum absolute atomic E-state index is 13.1. The Balaban J connectivity index is 1.79. The van der Waals surface area contributed by atoms with E-state index in [1.165, 1.54) is 0 Å². The quantitative estimate of drug-likeness (QED) is 0.561. The minimum atomic E-state index is -0.113. The Hall–Kier alpha value is -3.53. The molecule has 4 nitrogen and oxygen atoms in total. The number of hydrogen-bond donors (Lipinski definition) is 1. The standard InChI is InChI=1S/C24H21N3O/c1-16-12-17(2)23-19(13-16)20(14-22(27-23)21-10-6-7-11-25-21)24(28)26-15-18-8-4-3-5-9-18/h3-14H,15H2,1-2H3,(H,26,28). The Bertz CT molecular complexity index is 1140. The van der Waals surface area contributed by atoms with E-state index >= 15 is 0 Å². The van der Waals surface area contributed by atoms with Crippen molar-refractivity contribution >= 4 is 16.8 Å². The van der Waals surface area contributed by atoms with Crippen LogP contribution in [0.4, 0.5) is 0 Å². The molecule has 4 rings (SSSR count). The fourth-order valence-electron chi connectivity index (χ4n) is 3.39. The van der Waals surface area contributed by atoms with Gasteiger partial charge in [-0.1, -0.05) is 48.0 Å². The number of carbonyl (C=O) groups is 1. The molecule has 0 saturated heterocycles. The highest BCUT2D eigenvalue weighted by atomic mass is 16.1. The molecule has 4 heteroatoms. The summed E-state index contributed by atoms with van der Waals surface area (Å²) in [5, 5.41) is 3.90. The molecule has 0 spiro atoms.